The van der Waals surface area contributed by atoms with E-state index in [-0.39, 0.29) is 24.4 Å². The van der Waals surface area contributed by atoms with Crippen molar-refractivity contribution in [2.45, 2.75) is 57.2 Å². The molecule has 5 heteroatoms. The molecule has 0 saturated carbocycles. The summed E-state index contributed by atoms with van der Waals surface area (Å²) in [6.07, 6.45) is 5.47. The minimum atomic E-state index is -0.0895. The minimum absolute atomic E-state index is 0. The van der Waals surface area contributed by atoms with Gasteiger partial charge in [0.05, 0.1) is 6.04 Å². The van der Waals surface area contributed by atoms with Crippen LogP contribution in [0.5, 0.6) is 0 Å². The lowest BCUT2D eigenvalue weighted by atomic mass is 9.89. The zero-order valence-electron chi connectivity index (χ0n) is 14.0. The Kier molecular flexibility index (Phi) is 5.16. The average Bonchev–Trinajstić information content (AvgIpc) is 3.10. The number of nitrogens with one attached hydrogen (secondary N) is 2. The lowest BCUT2D eigenvalue weighted by Crippen LogP contribution is -2.40. The van der Waals surface area contributed by atoms with Gasteiger partial charge in [-0.2, -0.15) is 0 Å². The molecule has 0 spiro atoms. The molecule has 2 aliphatic heterocycles. The molecule has 4 nitrogen and oxygen atoms in total. The van der Waals surface area contributed by atoms with E-state index in [0.29, 0.717) is 24.4 Å². The summed E-state index contributed by atoms with van der Waals surface area (Å²) in [5.41, 5.74) is 0.874. The van der Waals surface area contributed by atoms with Gasteiger partial charge >= 0.3 is 0 Å². The van der Waals surface area contributed by atoms with Gasteiger partial charge in [0.2, 0.25) is 5.91 Å². The fourth-order valence-corrected chi connectivity index (χ4v) is 4.19. The van der Waals surface area contributed by atoms with E-state index >= 15 is 0 Å². The van der Waals surface area contributed by atoms with Gasteiger partial charge in [-0.05, 0) is 50.7 Å². The summed E-state index contributed by atoms with van der Waals surface area (Å²) in [4.78, 5) is 12.4. The van der Waals surface area contributed by atoms with Crippen LogP contribution in [0.3, 0.4) is 0 Å². The first-order chi connectivity index (χ1) is 11.2. The van der Waals surface area contributed by atoms with Gasteiger partial charge in [-0.1, -0.05) is 18.2 Å². The van der Waals surface area contributed by atoms with E-state index in [0.717, 1.165) is 29.6 Å². The standard InChI is InChI=1S/C19H24N2O2.ClH/c1-12(18-11-14-4-2-3-5-17(14)23-18)20-19(22)10-13-8-15-6-7-16(9-13)21-15;/h2-5,11-13,15-16,21H,6-10H2,1H3,(H,20,22);1H. The Labute approximate surface area is 148 Å². The van der Waals surface area contributed by atoms with E-state index in [1.807, 2.05) is 37.3 Å². The van der Waals surface area contributed by atoms with Crippen LogP contribution < -0.4 is 10.6 Å². The number of benzene rings is 1. The number of hydrogen-bond acceptors (Lipinski definition) is 3. The third kappa shape index (κ3) is 3.60. The van der Waals surface area contributed by atoms with Gasteiger partial charge in [-0.15, -0.1) is 12.4 Å². The van der Waals surface area contributed by atoms with E-state index in [1.54, 1.807) is 0 Å². The van der Waals surface area contributed by atoms with Crippen molar-refractivity contribution in [3.05, 3.63) is 36.1 Å². The lowest BCUT2D eigenvalue weighted by molar-refractivity contribution is -0.123. The molecular weight excluding hydrogens is 324 g/mol. The third-order valence-electron chi connectivity index (χ3n) is 5.29. The number of carbonyl (C=O) groups is 1. The number of furan rings is 1. The molecule has 0 aliphatic carbocycles. The Balaban J connectivity index is 0.00000169. The van der Waals surface area contributed by atoms with Crippen LogP contribution in [-0.4, -0.2) is 18.0 Å². The van der Waals surface area contributed by atoms with Crippen LogP contribution in [-0.2, 0) is 4.79 Å². The van der Waals surface area contributed by atoms with Crippen molar-refractivity contribution in [3.63, 3.8) is 0 Å². The summed E-state index contributed by atoms with van der Waals surface area (Å²) in [5, 5.41) is 7.81. The molecule has 2 N–H and O–H groups in total. The first-order valence-electron chi connectivity index (χ1n) is 8.71. The quantitative estimate of drug-likeness (QED) is 0.879. The molecule has 1 amide bonds. The summed E-state index contributed by atoms with van der Waals surface area (Å²) >= 11 is 0. The monoisotopic (exact) mass is 348 g/mol. The van der Waals surface area contributed by atoms with Crippen LogP contribution in [0.15, 0.2) is 34.7 Å². The maximum atomic E-state index is 12.4. The third-order valence-corrected chi connectivity index (χ3v) is 5.29. The Morgan fingerprint density at radius 3 is 2.71 bits per heavy atom. The maximum Gasteiger partial charge on any atom is 0.220 e. The number of hydrogen-bond donors (Lipinski definition) is 2. The predicted molar refractivity (Wildman–Crippen MR) is 97.3 cm³/mol. The molecule has 2 bridgehead atoms. The second kappa shape index (κ2) is 7.16. The van der Waals surface area contributed by atoms with Crippen molar-refractivity contribution in [3.8, 4) is 0 Å². The van der Waals surface area contributed by atoms with Crippen molar-refractivity contribution in [2.75, 3.05) is 0 Å². The largest absolute Gasteiger partial charge is 0.459 e. The Morgan fingerprint density at radius 1 is 1.29 bits per heavy atom. The molecule has 3 unspecified atom stereocenters. The number of para-hydroxylation sites is 1. The van der Waals surface area contributed by atoms with Crippen molar-refractivity contribution >= 4 is 29.3 Å². The number of carbonyl (C=O) groups excluding carboxylic acids is 1. The van der Waals surface area contributed by atoms with Gasteiger partial charge in [0.1, 0.15) is 11.3 Å². The van der Waals surface area contributed by atoms with Crippen molar-refractivity contribution < 1.29 is 9.21 Å². The predicted octanol–water partition coefficient (Wildman–Crippen LogP) is 3.95. The van der Waals surface area contributed by atoms with Crippen LogP contribution in [0, 0.1) is 5.92 Å². The zero-order chi connectivity index (χ0) is 15.8. The van der Waals surface area contributed by atoms with Crippen molar-refractivity contribution in [1.29, 1.82) is 0 Å². The average molecular weight is 349 g/mol. The molecule has 24 heavy (non-hydrogen) atoms. The Hall–Kier alpha value is -1.52. The highest BCUT2D eigenvalue weighted by Gasteiger charge is 2.34. The molecule has 2 aromatic rings. The van der Waals surface area contributed by atoms with E-state index in [9.17, 15) is 4.79 Å². The zero-order valence-corrected chi connectivity index (χ0v) is 14.8. The first-order valence-corrected chi connectivity index (χ1v) is 8.71. The first kappa shape index (κ1) is 17.3. The van der Waals surface area contributed by atoms with Crippen LogP contribution in [0.25, 0.3) is 11.0 Å². The molecule has 130 valence electrons. The fourth-order valence-electron chi connectivity index (χ4n) is 4.19. The highest BCUT2D eigenvalue weighted by Crippen LogP contribution is 2.33. The van der Waals surface area contributed by atoms with Gasteiger partial charge < -0.3 is 15.1 Å². The molecule has 2 saturated heterocycles. The van der Waals surface area contributed by atoms with E-state index in [1.165, 1.54) is 12.8 Å². The van der Waals surface area contributed by atoms with E-state index in [2.05, 4.69) is 10.6 Å². The summed E-state index contributed by atoms with van der Waals surface area (Å²) in [6, 6.07) is 11.2. The number of amides is 1. The minimum Gasteiger partial charge on any atom is -0.459 e. The number of halogens is 1. The number of piperidine rings is 1. The van der Waals surface area contributed by atoms with Gasteiger partial charge in [0, 0.05) is 23.9 Å². The molecule has 3 atom stereocenters. The van der Waals surface area contributed by atoms with Gasteiger partial charge in [0.15, 0.2) is 0 Å². The molecule has 2 fully saturated rings. The summed E-state index contributed by atoms with van der Waals surface area (Å²) < 4.78 is 5.84. The molecule has 1 aromatic heterocycles. The van der Waals surface area contributed by atoms with Crippen LogP contribution in [0.4, 0.5) is 0 Å². The Morgan fingerprint density at radius 2 is 2.00 bits per heavy atom. The van der Waals surface area contributed by atoms with Gasteiger partial charge in [-0.3, -0.25) is 4.79 Å². The maximum absolute atomic E-state index is 12.4. The number of fused-ring (bicyclic) bond motifs is 3. The van der Waals surface area contributed by atoms with E-state index in [4.69, 9.17) is 4.42 Å². The normalized spacial score (nSPS) is 26.8. The highest BCUT2D eigenvalue weighted by atomic mass is 35.5. The van der Waals surface area contributed by atoms with Crippen LogP contribution in [0.2, 0.25) is 0 Å². The smallest absolute Gasteiger partial charge is 0.220 e. The summed E-state index contributed by atoms with van der Waals surface area (Å²) in [7, 11) is 0. The molecular formula is C19H25ClN2O2. The fraction of sp³-hybridized carbons (Fsp3) is 0.526. The SMILES string of the molecule is CC(NC(=O)CC1CC2CCC(C1)N2)c1cc2ccccc2o1.Cl. The lowest BCUT2D eigenvalue weighted by Gasteiger charge is -2.28. The topological polar surface area (TPSA) is 54.3 Å². The van der Waals surface area contributed by atoms with Gasteiger partial charge in [0.25, 0.3) is 0 Å². The second-order valence-corrected chi connectivity index (χ2v) is 7.16. The molecule has 0 radical (unpaired) electrons. The Bertz CT molecular complexity index is 669. The van der Waals surface area contributed by atoms with Gasteiger partial charge in [-0.25, -0.2) is 0 Å². The molecule has 1 aromatic carbocycles. The highest BCUT2D eigenvalue weighted by molar-refractivity contribution is 5.85. The summed E-state index contributed by atoms with van der Waals surface area (Å²) in [6.45, 7) is 1.99. The van der Waals surface area contributed by atoms with E-state index < -0.39 is 0 Å². The second-order valence-electron chi connectivity index (χ2n) is 7.16. The van der Waals surface area contributed by atoms with Crippen molar-refractivity contribution in [1.82, 2.24) is 10.6 Å². The molecule has 2 aliphatic rings. The molecule has 4 rings (SSSR count). The van der Waals surface area contributed by atoms with Crippen LogP contribution >= 0.6 is 12.4 Å². The molecule has 3 heterocycles. The number of rotatable bonds is 4. The van der Waals surface area contributed by atoms with Crippen molar-refractivity contribution in [2.24, 2.45) is 5.92 Å². The van der Waals surface area contributed by atoms with Crippen LogP contribution in [0.1, 0.15) is 50.8 Å². The summed E-state index contributed by atoms with van der Waals surface area (Å²) in [5.74, 6) is 1.49.